The summed E-state index contributed by atoms with van der Waals surface area (Å²) in [5.74, 6) is 1.47. The summed E-state index contributed by atoms with van der Waals surface area (Å²) in [4.78, 5) is 24.2. The van der Waals surface area contributed by atoms with Gasteiger partial charge in [-0.05, 0) is 48.1 Å². The maximum Gasteiger partial charge on any atom is 0.239 e. The molecule has 0 aliphatic heterocycles. The summed E-state index contributed by atoms with van der Waals surface area (Å²) < 4.78 is 10.6. The van der Waals surface area contributed by atoms with Crippen LogP contribution in [0.4, 0.5) is 0 Å². The summed E-state index contributed by atoms with van der Waals surface area (Å²) in [5.41, 5.74) is 2.13. The zero-order chi connectivity index (χ0) is 19.9. The summed E-state index contributed by atoms with van der Waals surface area (Å²) in [6, 6.07) is 15.6. The number of carbonyl (C=O) groups excluding carboxylic acids is 2. The first-order valence-electron chi connectivity index (χ1n) is 9.42. The highest BCUT2D eigenvalue weighted by atomic mass is 16.5. The average molecular weight is 382 g/mol. The summed E-state index contributed by atoms with van der Waals surface area (Å²) in [5, 5.41) is 5.57. The van der Waals surface area contributed by atoms with Crippen LogP contribution in [0, 0.1) is 5.92 Å². The van der Waals surface area contributed by atoms with Crippen LogP contribution in [0.1, 0.15) is 23.5 Å². The van der Waals surface area contributed by atoms with Gasteiger partial charge in [0.25, 0.3) is 0 Å². The number of benzene rings is 2. The van der Waals surface area contributed by atoms with Crippen LogP contribution in [-0.2, 0) is 16.0 Å². The van der Waals surface area contributed by atoms with Crippen molar-refractivity contribution in [1.29, 1.82) is 0 Å². The molecule has 2 atom stereocenters. The van der Waals surface area contributed by atoms with Crippen molar-refractivity contribution >= 4 is 11.8 Å². The lowest BCUT2D eigenvalue weighted by molar-refractivity contribution is -0.126. The largest absolute Gasteiger partial charge is 0.497 e. The van der Waals surface area contributed by atoms with E-state index in [1.54, 1.807) is 14.2 Å². The van der Waals surface area contributed by atoms with Gasteiger partial charge in [0.15, 0.2) is 0 Å². The Balaban J connectivity index is 1.39. The van der Waals surface area contributed by atoms with Gasteiger partial charge in [-0.2, -0.15) is 0 Å². The lowest BCUT2D eigenvalue weighted by Gasteiger charge is -2.11. The third kappa shape index (κ3) is 5.03. The zero-order valence-electron chi connectivity index (χ0n) is 16.2. The standard InChI is InChI=1S/C22H26N2O4/c1-27-17-8-9-20(28-2)16(12-17)10-11-23-21(25)14-24-22(26)19-13-18(19)15-6-4-3-5-7-15/h3-9,12,18-19H,10-11,13-14H2,1-2H3,(H,23,25)(H,24,26). The maximum atomic E-state index is 12.2. The van der Waals surface area contributed by atoms with Crippen LogP contribution in [-0.4, -0.2) is 39.1 Å². The first kappa shape index (κ1) is 19.7. The summed E-state index contributed by atoms with van der Waals surface area (Å²) in [6.07, 6.45) is 1.45. The Morgan fingerprint density at radius 3 is 2.54 bits per heavy atom. The lowest BCUT2D eigenvalue weighted by atomic mass is 10.1. The minimum absolute atomic E-state index is 0.00785. The van der Waals surface area contributed by atoms with E-state index in [2.05, 4.69) is 10.6 Å². The molecule has 6 nitrogen and oxygen atoms in total. The number of rotatable bonds is 9. The molecule has 0 heterocycles. The second-order valence-corrected chi connectivity index (χ2v) is 6.85. The minimum atomic E-state index is -0.202. The van der Waals surface area contributed by atoms with Crippen LogP contribution in [0.25, 0.3) is 0 Å². The van der Waals surface area contributed by atoms with E-state index in [1.807, 2.05) is 48.5 Å². The molecule has 0 saturated heterocycles. The quantitative estimate of drug-likeness (QED) is 0.698. The van der Waals surface area contributed by atoms with Crippen molar-refractivity contribution in [3.05, 3.63) is 59.7 Å². The molecule has 2 amide bonds. The van der Waals surface area contributed by atoms with Gasteiger partial charge in [-0.3, -0.25) is 9.59 Å². The van der Waals surface area contributed by atoms with Gasteiger partial charge in [-0.1, -0.05) is 30.3 Å². The van der Waals surface area contributed by atoms with Gasteiger partial charge in [0.05, 0.1) is 20.8 Å². The molecule has 1 aliphatic rings. The van der Waals surface area contributed by atoms with Crippen molar-refractivity contribution in [2.45, 2.75) is 18.8 Å². The van der Waals surface area contributed by atoms with E-state index in [-0.39, 0.29) is 30.2 Å². The van der Waals surface area contributed by atoms with Gasteiger partial charge in [-0.25, -0.2) is 0 Å². The van der Waals surface area contributed by atoms with Gasteiger partial charge >= 0.3 is 0 Å². The predicted octanol–water partition coefficient (Wildman–Crippen LogP) is 2.28. The second-order valence-electron chi connectivity index (χ2n) is 6.85. The Bertz CT molecular complexity index is 823. The Morgan fingerprint density at radius 1 is 1.04 bits per heavy atom. The van der Waals surface area contributed by atoms with Gasteiger partial charge in [0.1, 0.15) is 11.5 Å². The lowest BCUT2D eigenvalue weighted by Crippen LogP contribution is -2.38. The van der Waals surface area contributed by atoms with Crippen LogP contribution in [0.15, 0.2) is 48.5 Å². The number of nitrogens with one attached hydrogen (secondary N) is 2. The molecule has 6 heteroatoms. The van der Waals surface area contributed by atoms with Crippen molar-refractivity contribution in [3.63, 3.8) is 0 Å². The zero-order valence-corrected chi connectivity index (χ0v) is 16.2. The SMILES string of the molecule is COc1ccc(OC)c(CCNC(=O)CNC(=O)C2CC2c2ccccc2)c1. The first-order chi connectivity index (χ1) is 13.6. The Labute approximate surface area is 165 Å². The molecule has 2 aromatic carbocycles. The second kappa shape index (κ2) is 9.26. The highest BCUT2D eigenvalue weighted by Gasteiger charge is 2.43. The third-order valence-corrected chi connectivity index (χ3v) is 4.98. The molecule has 1 aliphatic carbocycles. The first-order valence-corrected chi connectivity index (χ1v) is 9.42. The molecule has 0 bridgehead atoms. The fraction of sp³-hybridized carbons (Fsp3) is 0.364. The Hall–Kier alpha value is -3.02. The molecule has 0 radical (unpaired) electrons. The minimum Gasteiger partial charge on any atom is -0.497 e. The van der Waals surface area contributed by atoms with E-state index >= 15 is 0 Å². The molecule has 3 rings (SSSR count). The normalized spacial score (nSPS) is 17.5. The van der Waals surface area contributed by atoms with E-state index in [0.29, 0.717) is 13.0 Å². The molecule has 2 unspecified atom stereocenters. The van der Waals surface area contributed by atoms with Crippen LogP contribution in [0.5, 0.6) is 11.5 Å². The topological polar surface area (TPSA) is 76.7 Å². The van der Waals surface area contributed by atoms with Gasteiger partial charge < -0.3 is 20.1 Å². The number of methoxy groups -OCH3 is 2. The van der Waals surface area contributed by atoms with E-state index in [4.69, 9.17) is 9.47 Å². The van der Waals surface area contributed by atoms with E-state index in [1.165, 1.54) is 5.56 Å². The Kier molecular flexibility index (Phi) is 6.53. The number of hydrogen-bond acceptors (Lipinski definition) is 4. The number of amides is 2. The summed E-state index contributed by atoms with van der Waals surface area (Å²) >= 11 is 0. The Morgan fingerprint density at radius 2 is 1.82 bits per heavy atom. The van der Waals surface area contributed by atoms with Crippen molar-refractivity contribution in [1.82, 2.24) is 10.6 Å². The van der Waals surface area contributed by atoms with Crippen molar-refractivity contribution in [3.8, 4) is 11.5 Å². The third-order valence-electron chi connectivity index (χ3n) is 4.98. The fourth-order valence-electron chi connectivity index (χ4n) is 3.33. The monoisotopic (exact) mass is 382 g/mol. The molecule has 2 N–H and O–H groups in total. The van der Waals surface area contributed by atoms with Crippen molar-refractivity contribution in [2.75, 3.05) is 27.3 Å². The number of ether oxygens (including phenoxy) is 2. The summed E-state index contributed by atoms with van der Waals surface area (Å²) in [6.45, 7) is 0.445. The van der Waals surface area contributed by atoms with Gasteiger partial charge in [0, 0.05) is 12.5 Å². The smallest absolute Gasteiger partial charge is 0.239 e. The van der Waals surface area contributed by atoms with Gasteiger partial charge in [-0.15, -0.1) is 0 Å². The summed E-state index contributed by atoms with van der Waals surface area (Å²) in [7, 11) is 3.22. The molecule has 2 aromatic rings. The van der Waals surface area contributed by atoms with Crippen LogP contribution < -0.4 is 20.1 Å². The number of hydrogen-bond donors (Lipinski definition) is 2. The molecular formula is C22H26N2O4. The number of carbonyl (C=O) groups is 2. The van der Waals surface area contributed by atoms with Crippen LogP contribution in [0.2, 0.25) is 0 Å². The molecule has 148 valence electrons. The fourth-order valence-corrected chi connectivity index (χ4v) is 3.33. The van der Waals surface area contributed by atoms with Crippen molar-refractivity contribution < 1.29 is 19.1 Å². The van der Waals surface area contributed by atoms with E-state index in [0.717, 1.165) is 23.5 Å². The van der Waals surface area contributed by atoms with Crippen LogP contribution >= 0.6 is 0 Å². The van der Waals surface area contributed by atoms with Crippen LogP contribution in [0.3, 0.4) is 0 Å². The van der Waals surface area contributed by atoms with Gasteiger partial charge in [0.2, 0.25) is 11.8 Å². The highest BCUT2D eigenvalue weighted by molar-refractivity contribution is 5.87. The molecule has 28 heavy (non-hydrogen) atoms. The molecule has 1 fully saturated rings. The highest BCUT2D eigenvalue weighted by Crippen LogP contribution is 2.47. The van der Waals surface area contributed by atoms with E-state index < -0.39 is 0 Å². The predicted molar refractivity (Wildman–Crippen MR) is 107 cm³/mol. The maximum absolute atomic E-state index is 12.2. The molecule has 1 saturated carbocycles. The average Bonchev–Trinajstić information content (AvgIpc) is 3.53. The van der Waals surface area contributed by atoms with Crippen molar-refractivity contribution in [2.24, 2.45) is 5.92 Å². The molecular weight excluding hydrogens is 356 g/mol. The van der Waals surface area contributed by atoms with E-state index in [9.17, 15) is 9.59 Å². The molecule has 0 spiro atoms. The molecule has 0 aromatic heterocycles.